The third kappa shape index (κ3) is 3.10. The maximum Gasteiger partial charge on any atom is 0.251 e. The smallest absolute Gasteiger partial charge is 0.251 e. The predicted molar refractivity (Wildman–Crippen MR) is 83.5 cm³/mol. The van der Waals surface area contributed by atoms with Gasteiger partial charge in [0.05, 0.1) is 6.04 Å². The monoisotopic (exact) mass is 329 g/mol. The van der Waals surface area contributed by atoms with Gasteiger partial charge in [-0.05, 0) is 48.6 Å². The van der Waals surface area contributed by atoms with E-state index in [0.29, 0.717) is 11.5 Å². The van der Waals surface area contributed by atoms with Gasteiger partial charge >= 0.3 is 0 Å². The van der Waals surface area contributed by atoms with Gasteiger partial charge in [0.2, 0.25) is 0 Å². The molecule has 102 valence electrons. The summed E-state index contributed by atoms with van der Waals surface area (Å²) >= 11 is 3.38. The number of hydrogen-bond acceptors (Lipinski definition) is 1. The number of hydrogen-bond donors (Lipinski definition) is 1. The molecule has 2 aromatic carbocycles. The molecule has 0 radical (unpaired) electrons. The average molecular weight is 330 g/mol. The van der Waals surface area contributed by atoms with Crippen molar-refractivity contribution in [2.75, 3.05) is 0 Å². The molecule has 0 aliphatic heterocycles. The summed E-state index contributed by atoms with van der Waals surface area (Å²) in [7, 11) is 0. The summed E-state index contributed by atoms with van der Waals surface area (Å²) in [5.74, 6) is 0.579. The molecule has 0 bridgehead atoms. The normalized spacial score (nSPS) is 15.7. The standard InChI is InChI=1S/C17H16BrNO/c18-15-10-8-14(9-11-15)17(20)19-16(13-6-7-13)12-4-2-1-3-5-12/h1-5,8-11,13,16H,6-7H2,(H,19,20)/t16-/m1/s1. The summed E-state index contributed by atoms with van der Waals surface area (Å²) in [4.78, 5) is 12.3. The molecule has 2 nitrogen and oxygen atoms in total. The van der Waals surface area contributed by atoms with E-state index in [-0.39, 0.29) is 11.9 Å². The van der Waals surface area contributed by atoms with Gasteiger partial charge in [-0.2, -0.15) is 0 Å². The minimum absolute atomic E-state index is 0.00162. The van der Waals surface area contributed by atoms with E-state index in [2.05, 4.69) is 33.4 Å². The van der Waals surface area contributed by atoms with E-state index in [1.165, 1.54) is 18.4 Å². The van der Waals surface area contributed by atoms with E-state index in [1.807, 2.05) is 42.5 Å². The second-order valence-corrected chi connectivity index (χ2v) is 6.12. The van der Waals surface area contributed by atoms with Gasteiger partial charge in [-0.1, -0.05) is 46.3 Å². The molecule has 1 N–H and O–H groups in total. The fourth-order valence-corrected chi connectivity index (χ4v) is 2.65. The van der Waals surface area contributed by atoms with Crippen molar-refractivity contribution in [2.45, 2.75) is 18.9 Å². The zero-order valence-corrected chi connectivity index (χ0v) is 12.6. The summed E-state index contributed by atoms with van der Waals surface area (Å²) in [6, 6.07) is 17.8. The summed E-state index contributed by atoms with van der Waals surface area (Å²) < 4.78 is 0.982. The van der Waals surface area contributed by atoms with Crippen molar-refractivity contribution in [3.8, 4) is 0 Å². The van der Waals surface area contributed by atoms with Gasteiger partial charge in [-0.15, -0.1) is 0 Å². The maximum atomic E-state index is 12.3. The van der Waals surface area contributed by atoms with Gasteiger partial charge in [0, 0.05) is 10.0 Å². The molecule has 0 aromatic heterocycles. The van der Waals surface area contributed by atoms with E-state index in [4.69, 9.17) is 0 Å². The predicted octanol–water partition coefficient (Wildman–Crippen LogP) is 4.33. The lowest BCUT2D eigenvalue weighted by atomic mass is 10.0. The van der Waals surface area contributed by atoms with E-state index in [1.54, 1.807) is 0 Å². The van der Waals surface area contributed by atoms with Crippen LogP contribution in [0, 0.1) is 5.92 Å². The topological polar surface area (TPSA) is 29.1 Å². The lowest BCUT2D eigenvalue weighted by Crippen LogP contribution is -2.29. The highest BCUT2D eigenvalue weighted by Crippen LogP contribution is 2.41. The molecule has 1 aliphatic carbocycles. The van der Waals surface area contributed by atoms with Gasteiger partial charge in [-0.25, -0.2) is 0 Å². The lowest BCUT2D eigenvalue weighted by molar-refractivity contribution is 0.0931. The van der Waals surface area contributed by atoms with Gasteiger partial charge in [0.25, 0.3) is 5.91 Å². The highest BCUT2D eigenvalue weighted by molar-refractivity contribution is 9.10. The Bertz CT molecular complexity index is 590. The summed E-state index contributed by atoms with van der Waals surface area (Å²) in [6.45, 7) is 0. The van der Waals surface area contributed by atoms with E-state index < -0.39 is 0 Å². The molecular weight excluding hydrogens is 314 g/mol. The Balaban J connectivity index is 1.77. The molecule has 0 spiro atoms. The third-order valence-electron chi connectivity index (χ3n) is 3.65. The zero-order chi connectivity index (χ0) is 13.9. The number of carbonyl (C=O) groups excluding carboxylic acids is 1. The Morgan fingerprint density at radius 1 is 1.05 bits per heavy atom. The van der Waals surface area contributed by atoms with E-state index >= 15 is 0 Å². The highest BCUT2D eigenvalue weighted by atomic mass is 79.9. The molecule has 0 heterocycles. The molecule has 2 aromatic rings. The molecule has 0 unspecified atom stereocenters. The van der Waals surface area contributed by atoms with Crippen LogP contribution in [0.1, 0.15) is 34.8 Å². The third-order valence-corrected chi connectivity index (χ3v) is 4.17. The molecule has 1 saturated carbocycles. The molecule has 3 heteroatoms. The first kappa shape index (κ1) is 13.4. The molecule has 1 amide bonds. The molecule has 1 fully saturated rings. The molecule has 1 aliphatic rings. The van der Waals surface area contributed by atoms with Gasteiger partial charge in [-0.3, -0.25) is 4.79 Å². The summed E-state index contributed by atoms with van der Waals surface area (Å²) in [6.07, 6.45) is 2.39. The number of nitrogens with one attached hydrogen (secondary N) is 1. The van der Waals surface area contributed by atoms with E-state index in [0.717, 1.165) is 4.47 Å². The van der Waals surface area contributed by atoms with Crippen LogP contribution in [0.4, 0.5) is 0 Å². The SMILES string of the molecule is O=C(N[C@H](c1ccccc1)C1CC1)c1ccc(Br)cc1. The largest absolute Gasteiger partial charge is 0.345 e. The fraction of sp³-hybridized carbons (Fsp3) is 0.235. The van der Waals surface area contributed by atoms with Crippen molar-refractivity contribution in [1.29, 1.82) is 0 Å². The van der Waals surface area contributed by atoms with Crippen LogP contribution in [0.15, 0.2) is 59.1 Å². The first-order valence-corrected chi connectivity index (χ1v) is 7.65. The number of halogens is 1. The Hall–Kier alpha value is -1.61. The first-order chi connectivity index (χ1) is 9.74. The average Bonchev–Trinajstić information content (AvgIpc) is 3.31. The quantitative estimate of drug-likeness (QED) is 0.888. The first-order valence-electron chi connectivity index (χ1n) is 6.85. The summed E-state index contributed by atoms with van der Waals surface area (Å²) in [5.41, 5.74) is 1.90. The molecule has 20 heavy (non-hydrogen) atoms. The van der Waals surface area contributed by atoms with Crippen molar-refractivity contribution in [3.05, 3.63) is 70.2 Å². The van der Waals surface area contributed by atoms with Crippen molar-refractivity contribution >= 4 is 21.8 Å². The molecule has 3 rings (SSSR count). The number of amides is 1. The lowest BCUT2D eigenvalue weighted by Gasteiger charge is -2.19. The second-order valence-electron chi connectivity index (χ2n) is 5.21. The number of benzene rings is 2. The van der Waals surface area contributed by atoms with Crippen molar-refractivity contribution in [3.63, 3.8) is 0 Å². The van der Waals surface area contributed by atoms with Gasteiger partial charge in [0.1, 0.15) is 0 Å². The van der Waals surface area contributed by atoms with Crippen LogP contribution in [0.2, 0.25) is 0 Å². The Morgan fingerprint density at radius 2 is 1.70 bits per heavy atom. The van der Waals surface area contributed by atoms with Crippen LogP contribution in [-0.2, 0) is 0 Å². The van der Waals surface area contributed by atoms with Crippen LogP contribution in [0.25, 0.3) is 0 Å². The molecule has 0 saturated heterocycles. The maximum absolute atomic E-state index is 12.3. The zero-order valence-electron chi connectivity index (χ0n) is 11.1. The van der Waals surface area contributed by atoms with Crippen LogP contribution >= 0.6 is 15.9 Å². The van der Waals surface area contributed by atoms with Crippen LogP contribution in [0.3, 0.4) is 0 Å². The van der Waals surface area contributed by atoms with Crippen LogP contribution in [-0.4, -0.2) is 5.91 Å². The second kappa shape index (κ2) is 5.80. The van der Waals surface area contributed by atoms with Crippen LogP contribution < -0.4 is 5.32 Å². The van der Waals surface area contributed by atoms with Crippen molar-refractivity contribution < 1.29 is 4.79 Å². The minimum Gasteiger partial charge on any atom is -0.345 e. The number of rotatable bonds is 4. The molecular formula is C17H16BrNO. The van der Waals surface area contributed by atoms with Crippen LogP contribution in [0.5, 0.6) is 0 Å². The Morgan fingerprint density at radius 3 is 2.30 bits per heavy atom. The van der Waals surface area contributed by atoms with Gasteiger partial charge < -0.3 is 5.32 Å². The van der Waals surface area contributed by atoms with E-state index in [9.17, 15) is 4.79 Å². The Labute approximate surface area is 127 Å². The Kier molecular flexibility index (Phi) is 3.88. The summed E-state index contributed by atoms with van der Waals surface area (Å²) in [5, 5.41) is 3.18. The molecule has 1 atom stereocenters. The minimum atomic E-state index is -0.00162. The van der Waals surface area contributed by atoms with Crippen molar-refractivity contribution in [2.24, 2.45) is 5.92 Å². The van der Waals surface area contributed by atoms with Crippen molar-refractivity contribution in [1.82, 2.24) is 5.32 Å². The number of carbonyl (C=O) groups is 1. The highest BCUT2D eigenvalue weighted by Gasteiger charge is 2.33. The van der Waals surface area contributed by atoms with Gasteiger partial charge in [0.15, 0.2) is 0 Å². The fourth-order valence-electron chi connectivity index (χ4n) is 2.39.